The highest BCUT2D eigenvalue weighted by molar-refractivity contribution is 6.23. The molecule has 33 heavy (non-hydrogen) atoms. The van der Waals surface area contributed by atoms with Gasteiger partial charge in [0.15, 0.2) is 5.76 Å². The maximum absolute atomic E-state index is 12.9. The number of methoxy groups -OCH3 is 1. The maximum atomic E-state index is 12.9. The van der Waals surface area contributed by atoms with Crippen LogP contribution in [0.1, 0.15) is 58.8 Å². The Morgan fingerprint density at radius 2 is 1.85 bits per heavy atom. The minimum Gasteiger partial charge on any atom is -0.492 e. The molecule has 1 aliphatic heterocycles. The zero-order valence-corrected chi connectivity index (χ0v) is 19.4. The number of nitrogens with one attached hydrogen (secondary N) is 1. The molecule has 0 radical (unpaired) electrons. The van der Waals surface area contributed by atoms with Crippen LogP contribution in [0.5, 0.6) is 0 Å². The summed E-state index contributed by atoms with van der Waals surface area (Å²) in [5, 5.41) is 2.54. The normalized spacial score (nSPS) is 25.7. The monoisotopic (exact) mass is 456 g/mol. The van der Waals surface area contributed by atoms with Gasteiger partial charge in [-0.05, 0) is 45.1 Å². The molecule has 8 nitrogen and oxygen atoms in total. The molecule has 2 aliphatic rings. The fourth-order valence-electron chi connectivity index (χ4n) is 3.66. The number of carbonyl (C=O) groups excluding carboxylic acids is 4. The first kappa shape index (κ1) is 25.8. The molecule has 1 aliphatic carbocycles. The Bertz CT molecular complexity index is 952. The lowest BCUT2D eigenvalue weighted by atomic mass is 9.93. The highest BCUT2D eigenvalue weighted by atomic mass is 16.6. The third-order valence-electron chi connectivity index (χ3n) is 5.55. The van der Waals surface area contributed by atoms with Crippen LogP contribution < -0.4 is 11.1 Å². The number of hydrogen-bond donors (Lipinski definition) is 2. The van der Waals surface area contributed by atoms with Crippen LogP contribution in [0, 0.1) is 0 Å². The van der Waals surface area contributed by atoms with Gasteiger partial charge in [0.05, 0.1) is 12.8 Å². The molecule has 2 bridgehead atoms. The second-order valence-corrected chi connectivity index (χ2v) is 8.06. The molecule has 0 aromatic carbocycles. The molecule has 0 aromatic rings. The fourth-order valence-corrected chi connectivity index (χ4v) is 3.66. The van der Waals surface area contributed by atoms with Gasteiger partial charge >= 0.3 is 6.09 Å². The molecule has 1 heterocycles. The number of hydrogen-bond acceptors (Lipinski definition) is 6. The largest absolute Gasteiger partial charge is 0.492 e. The summed E-state index contributed by atoms with van der Waals surface area (Å²) in [5.74, 6) is -1.29. The molecule has 0 fully saturated rings. The van der Waals surface area contributed by atoms with E-state index >= 15 is 0 Å². The molecule has 178 valence electrons. The van der Waals surface area contributed by atoms with E-state index in [-0.39, 0.29) is 11.5 Å². The number of nitrogens with two attached hydrogens (primary N) is 1. The quantitative estimate of drug-likeness (QED) is 0.482. The summed E-state index contributed by atoms with van der Waals surface area (Å²) in [7, 11) is 1.36. The predicted octanol–water partition coefficient (Wildman–Crippen LogP) is 3.70. The molecule has 1 atom stereocenters. The number of fused-ring (bicyclic) bond motifs is 2. The van der Waals surface area contributed by atoms with E-state index in [1.807, 2.05) is 13.0 Å². The van der Waals surface area contributed by atoms with Gasteiger partial charge in [-0.15, -0.1) is 0 Å². The van der Waals surface area contributed by atoms with E-state index in [2.05, 4.69) is 5.32 Å². The smallest absolute Gasteiger partial charge is 0.405 e. The van der Waals surface area contributed by atoms with E-state index < -0.39 is 29.7 Å². The van der Waals surface area contributed by atoms with Crippen LogP contribution in [0.3, 0.4) is 0 Å². The Hall–Kier alpha value is -3.42. The average Bonchev–Trinajstić information content (AvgIpc) is 2.76. The number of allylic oxidation sites excluding steroid dienone is 5. The van der Waals surface area contributed by atoms with Gasteiger partial charge in [0.1, 0.15) is 6.10 Å². The number of rotatable bonds is 2. The summed E-state index contributed by atoms with van der Waals surface area (Å²) in [6.07, 6.45) is 11.9. The lowest BCUT2D eigenvalue weighted by molar-refractivity contribution is -0.120. The van der Waals surface area contributed by atoms with Crippen LogP contribution in [0.15, 0.2) is 58.6 Å². The lowest BCUT2D eigenvalue weighted by Gasteiger charge is -2.19. The van der Waals surface area contributed by atoms with Crippen LogP contribution in [0.25, 0.3) is 0 Å². The van der Waals surface area contributed by atoms with Crippen molar-refractivity contribution in [3.8, 4) is 0 Å². The Labute approximate surface area is 194 Å². The maximum Gasteiger partial charge on any atom is 0.405 e. The standard InChI is InChI=1S/C25H32N2O6/c1-16-11-7-5-4-6-8-13-18-22(29)19(15-20(28)23(18)32-3)27-24(30)17(2)12-9-10-14-21(16)33-25(26)31/h9-12,15,21H,4-8,13-14H2,1-3H3,(H2,26,31)(H,27,30)/b10-9-,16-11+,17-12+. The summed E-state index contributed by atoms with van der Waals surface area (Å²) in [6, 6.07) is 0. The Morgan fingerprint density at radius 1 is 1.12 bits per heavy atom. The number of Topliss-reactive ketones (excluding diaryl/α,β-unsaturated/α-hetero) is 1. The van der Waals surface area contributed by atoms with Crippen LogP contribution in [-0.2, 0) is 23.9 Å². The van der Waals surface area contributed by atoms with E-state index in [9.17, 15) is 19.2 Å². The van der Waals surface area contributed by atoms with E-state index in [0.717, 1.165) is 37.3 Å². The number of carbonyl (C=O) groups is 4. The number of primary amides is 1. The summed E-state index contributed by atoms with van der Waals surface area (Å²) >= 11 is 0. The van der Waals surface area contributed by atoms with E-state index in [0.29, 0.717) is 30.4 Å². The summed E-state index contributed by atoms with van der Waals surface area (Å²) in [5.41, 5.74) is 6.70. The molecular weight excluding hydrogens is 424 g/mol. The van der Waals surface area contributed by atoms with E-state index in [1.54, 1.807) is 25.2 Å². The van der Waals surface area contributed by atoms with Gasteiger partial charge in [0.2, 0.25) is 11.6 Å². The van der Waals surface area contributed by atoms with E-state index in [4.69, 9.17) is 15.2 Å². The van der Waals surface area contributed by atoms with Crippen LogP contribution in [0.4, 0.5) is 4.79 Å². The predicted molar refractivity (Wildman–Crippen MR) is 124 cm³/mol. The Kier molecular flexibility index (Phi) is 9.84. The van der Waals surface area contributed by atoms with Gasteiger partial charge in [0.25, 0.3) is 5.91 Å². The zero-order valence-electron chi connectivity index (χ0n) is 19.4. The molecule has 0 saturated carbocycles. The first-order valence-electron chi connectivity index (χ1n) is 11.1. The van der Waals surface area contributed by atoms with Crippen molar-refractivity contribution >= 4 is 23.6 Å². The van der Waals surface area contributed by atoms with Gasteiger partial charge in [-0.3, -0.25) is 14.4 Å². The van der Waals surface area contributed by atoms with Crippen molar-refractivity contribution in [2.24, 2.45) is 5.73 Å². The van der Waals surface area contributed by atoms with Crippen molar-refractivity contribution in [1.82, 2.24) is 5.32 Å². The molecule has 0 aromatic heterocycles. The Balaban J connectivity index is 2.28. The lowest BCUT2D eigenvalue weighted by Crippen LogP contribution is -2.33. The van der Waals surface area contributed by atoms with Crippen LogP contribution in [0.2, 0.25) is 0 Å². The third-order valence-corrected chi connectivity index (χ3v) is 5.55. The minimum absolute atomic E-state index is 0.0399. The summed E-state index contributed by atoms with van der Waals surface area (Å²) in [4.78, 5) is 49.2. The number of ether oxygens (including phenoxy) is 2. The van der Waals surface area contributed by atoms with Crippen molar-refractivity contribution in [2.75, 3.05) is 7.11 Å². The van der Waals surface area contributed by atoms with Gasteiger partial charge in [-0.1, -0.05) is 37.1 Å². The van der Waals surface area contributed by atoms with E-state index in [1.165, 1.54) is 7.11 Å². The van der Waals surface area contributed by atoms with Crippen molar-refractivity contribution in [3.63, 3.8) is 0 Å². The average molecular weight is 457 g/mol. The molecule has 2 amide bonds. The van der Waals surface area contributed by atoms with Gasteiger partial charge in [-0.2, -0.15) is 0 Å². The van der Waals surface area contributed by atoms with Gasteiger partial charge in [0, 0.05) is 23.6 Å². The third kappa shape index (κ3) is 7.59. The second kappa shape index (κ2) is 12.6. The molecule has 8 heteroatoms. The van der Waals surface area contributed by atoms with Gasteiger partial charge < -0.3 is 20.5 Å². The first-order valence-corrected chi connectivity index (χ1v) is 11.1. The summed E-state index contributed by atoms with van der Waals surface area (Å²) in [6.45, 7) is 3.49. The molecule has 1 unspecified atom stereocenters. The summed E-state index contributed by atoms with van der Waals surface area (Å²) < 4.78 is 10.4. The van der Waals surface area contributed by atoms with Crippen molar-refractivity contribution in [3.05, 3.63) is 58.6 Å². The molecule has 3 N–H and O–H groups in total. The van der Waals surface area contributed by atoms with Crippen molar-refractivity contribution < 1.29 is 28.7 Å². The molecule has 0 saturated heterocycles. The number of ketones is 2. The SMILES string of the molecule is COC1=C2CCCCCC/C=C(\C)C(OC(N)=O)C/C=C\C=C(/C)C(=O)NC(=CC1=O)C2=O. The van der Waals surface area contributed by atoms with Crippen molar-refractivity contribution in [2.45, 2.75) is 64.9 Å². The van der Waals surface area contributed by atoms with Crippen molar-refractivity contribution in [1.29, 1.82) is 0 Å². The molecule has 0 spiro atoms. The highest BCUT2D eigenvalue weighted by Crippen LogP contribution is 2.24. The zero-order chi connectivity index (χ0) is 24.4. The molecular formula is C25H32N2O6. The topological polar surface area (TPSA) is 125 Å². The van der Waals surface area contributed by atoms with Crippen LogP contribution >= 0.6 is 0 Å². The number of amides is 2. The van der Waals surface area contributed by atoms with Gasteiger partial charge in [-0.25, -0.2) is 4.79 Å². The molecule has 2 rings (SSSR count). The van der Waals surface area contributed by atoms with Crippen LogP contribution in [-0.4, -0.2) is 36.8 Å². The fraction of sp³-hybridized carbons (Fsp3) is 0.440. The Morgan fingerprint density at radius 3 is 2.55 bits per heavy atom. The first-order chi connectivity index (χ1) is 15.7. The second-order valence-electron chi connectivity index (χ2n) is 8.06. The highest BCUT2D eigenvalue weighted by Gasteiger charge is 2.30. The minimum atomic E-state index is -0.839.